The van der Waals surface area contributed by atoms with Crippen molar-refractivity contribution < 1.29 is 18.3 Å². The van der Waals surface area contributed by atoms with Gasteiger partial charge in [-0.3, -0.25) is 0 Å². The number of alkyl halides is 3. The summed E-state index contributed by atoms with van der Waals surface area (Å²) in [5.41, 5.74) is -0.341. The van der Waals surface area contributed by atoms with Gasteiger partial charge in [0.25, 0.3) is 0 Å². The van der Waals surface area contributed by atoms with Crippen LogP contribution < -0.4 is 0 Å². The number of aliphatic hydroxyl groups is 1. The van der Waals surface area contributed by atoms with Crippen molar-refractivity contribution in [3.63, 3.8) is 0 Å². The van der Waals surface area contributed by atoms with Crippen molar-refractivity contribution in [1.82, 2.24) is 0 Å². The first-order chi connectivity index (χ1) is 7.86. The molecule has 0 spiro atoms. The van der Waals surface area contributed by atoms with Crippen molar-refractivity contribution in [1.29, 1.82) is 0 Å². The summed E-state index contributed by atoms with van der Waals surface area (Å²) < 4.78 is 38.2. The summed E-state index contributed by atoms with van der Waals surface area (Å²) in [6.07, 6.45) is -4.07. The van der Waals surface area contributed by atoms with Gasteiger partial charge in [0.1, 0.15) is 0 Å². The minimum Gasteiger partial charge on any atom is -0.396 e. The van der Waals surface area contributed by atoms with E-state index in [4.69, 9.17) is 0 Å². The molecule has 1 aromatic rings. The predicted molar refractivity (Wildman–Crippen MR) is 60.6 cm³/mol. The molecule has 96 valence electrons. The van der Waals surface area contributed by atoms with Crippen LogP contribution in [0.2, 0.25) is 0 Å². The van der Waals surface area contributed by atoms with Crippen molar-refractivity contribution >= 4 is 0 Å². The van der Waals surface area contributed by atoms with Crippen molar-refractivity contribution in [2.75, 3.05) is 6.61 Å². The molecular formula is C13H17F3O. The quantitative estimate of drug-likeness (QED) is 0.861. The van der Waals surface area contributed by atoms with Gasteiger partial charge in [-0.2, -0.15) is 13.2 Å². The maximum absolute atomic E-state index is 12.7. The van der Waals surface area contributed by atoms with Gasteiger partial charge in [-0.1, -0.05) is 32.0 Å². The van der Waals surface area contributed by atoms with Gasteiger partial charge in [0.15, 0.2) is 0 Å². The molecule has 0 aromatic heterocycles. The van der Waals surface area contributed by atoms with E-state index in [9.17, 15) is 18.3 Å². The summed E-state index contributed by atoms with van der Waals surface area (Å²) in [4.78, 5) is 0. The van der Waals surface area contributed by atoms with Gasteiger partial charge in [0, 0.05) is 6.61 Å². The van der Waals surface area contributed by atoms with Crippen LogP contribution in [0.25, 0.3) is 0 Å². The van der Waals surface area contributed by atoms with E-state index in [1.54, 1.807) is 6.07 Å². The summed E-state index contributed by atoms with van der Waals surface area (Å²) >= 11 is 0. The van der Waals surface area contributed by atoms with E-state index in [0.717, 1.165) is 6.07 Å². The zero-order valence-corrected chi connectivity index (χ0v) is 9.96. The molecule has 0 saturated carbocycles. The Morgan fingerprint density at radius 2 is 1.76 bits per heavy atom. The summed E-state index contributed by atoms with van der Waals surface area (Å²) in [5, 5.41) is 9.17. The Bertz CT molecular complexity index is 358. The molecule has 4 heteroatoms. The fourth-order valence-electron chi connectivity index (χ4n) is 1.77. The highest BCUT2D eigenvalue weighted by atomic mass is 19.4. The monoisotopic (exact) mass is 246 g/mol. The van der Waals surface area contributed by atoms with Crippen molar-refractivity contribution in [2.24, 2.45) is 11.8 Å². The van der Waals surface area contributed by atoms with E-state index in [1.807, 2.05) is 13.8 Å². The van der Waals surface area contributed by atoms with E-state index in [2.05, 4.69) is 0 Å². The zero-order chi connectivity index (χ0) is 13.1. The number of benzene rings is 1. The molecule has 1 N–H and O–H groups in total. The largest absolute Gasteiger partial charge is 0.416 e. The van der Waals surface area contributed by atoms with Gasteiger partial charge >= 0.3 is 6.18 Å². The average molecular weight is 246 g/mol. The Balaban J connectivity index is 2.98. The molecule has 0 bridgehead atoms. The van der Waals surface area contributed by atoms with Gasteiger partial charge in [0.2, 0.25) is 0 Å². The lowest BCUT2D eigenvalue weighted by Gasteiger charge is -2.20. The SMILES string of the molecule is CC(C)C(CO)Cc1ccccc1C(F)(F)F. The highest BCUT2D eigenvalue weighted by Gasteiger charge is 2.33. The molecule has 0 fully saturated rings. The first-order valence-electron chi connectivity index (χ1n) is 5.62. The Morgan fingerprint density at radius 3 is 2.24 bits per heavy atom. The zero-order valence-electron chi connectivity index (χ0n) is 9.96. The number of rotatable bonds is 4. The summed E-state index contributed by atoms with van der Waals surface area (Å²) in [7, 11) is 0. The standard InChI is InChI=1S/C13H17F3O/c1-9(2)11(8-17)7-10-5-3-4-6-12(10)13(14,15)16/h3-6,9,11,17H,7-8H2,1-2H3. The molecule has 1 atom stereocenters. The summed E-state index contributed by atoms with van der Waals surface area (Å²) in [5.74, 6) is 0.0137. The molecule has 1 rings (SSSR count). The van der Waals surface area contributed by atoms with Crippen LogP contribution in [-0.2, 0) is 12.6 Å². The second-order valence-corrected chi connectivity index (χ2v) is 4.55. The lowest BCUT2D eigenvalue weighted by atomic mass is 9.88. The fourth-order valence-corrected chi connectivity index (χ4v) is 1.77. The third kappa shape index (κ3) is 3.73. The van der Waals surface area contributed by atoms with E-state index >= 15 is 0 Å². The van der Waals surface area contributed by atoms with Crippen LogP contribution in [0.4, 0.5) is 13.2 Å². The molecule has 1 nitrogen and oxygen atoms in total. The van der Waals surface area contributed by atoms with Crippen molar-refractivity contribution in [3.05, 3.63) is 35.4 Å². The summed E-state index contributed by atoms with van der Waals surface area (Å²) in [6, 6.07) is 5.55. The van der Waals surface area contributed by atoms with Crippen LogP contribution in [0.5, 0.6) is 0 Å². The van der Waals surface area contributed by atoms with Crippen LogP contribution in [0.3, 0.4) is 0 Å². The number of hydrogen-bond acceptors (Lipinski definition) is 1. The predicted octanol–water partition coefficient (Wildman–Crippen LogP) is 3.51. The lowest BCUT2D eigenvalue weighted by Crippen LogP contribution is -2.19. The minimum atomic E-state index is -4.33. The highest BCUT2D eigenvalue weighted by Crippen LogP contribution is 2.33. The van der Waals surface area contributed by atoms with E-state index < -0.39 is 11.7 Å². The van der Waals surface area contributed by atoms with Gasteiger partial charge < -0.3 is 5.11 Å². The molecule has 0 saturated heterocycles. The summed E-state index contributed by atoms with van der Waals surface area (Å²) in [6.45, 7) is 3.71. The first kappa shape index (κ1) is 14.0. The van der Waals surface area contributed by atoms with Gasteiger partial charge in [-0.05, 0) is 29.9 Å². The average Bonchev–Trinajstić information content (AvgIpc) is 2.24. The molecule has 0 heterocycles. The van der Waals surface area contributed by atoms with Crippen molar-refractivity contribution in [3.8, 4) is 0 Å². The van der Waals surface area contributed by atoms with E-state index in [1.165, 1.54) is 12.1 Å². The van der Waals surface area contributed by atoms with Gasteiger partial charge in [-0.25, -0.2) is 0 Å². The minimum absolute atomic E-state index is 0.0934. The normalized spacial score (nSPS) is 14.1. The Labute approximate surface area is 99.3 Å². The second kappa shape index (κ2) is 5.54. The molecule has 1 aromatic carbocycles. The number of aliphatic hydroxyl groups excluding tert-OH is 1. The molecule has 0 amide bonds. The Morgan fingerprint density at radius 1 is 1.18 bits per heavy atom. The van der Waals surface area contributed by atoms with Crippen LogP contribution in [0.15, 0.2) is 24.3 Å². The lowest BCUT2D eigenvalue weighted by molar-refractivity contribution is -0.138. The van der Waals surface area contributed by atoms with Gasteiger partial charge in [-0.15, -0.1) is 0 Å². The van der Waals surface area contributed by atoms with Crippen LogP contribution >= 0.6 is 0 Å². The van der Waals surface area contributed by atoms with Crippen molar-refractivity contribution in [2.45, 2.75) is 26.4 Å². The maximum atomic E-state index is 12.7. The number of halogens is 3. The highest BCUT2D eigenvalue weighted by molar-refractivity contribution is 5.30. The second-order valence-electron chi connectivity index (χ2n) is 4.55. The smallest absolute Gasteiger partial charge is 0.396 e. The molecule has 17 heavy (non-hydrogen) atoms. The fraction of sp³-hybridized carbons (Fsp3) is 0.538. The molecule has 0 aliphatic carbocycles. The Hall–Kier alpha value is -1.03. The molecule has 0 aliphatic heterocycles. The molecular weight excluding hydrogens is 229 g/mol. The third-order valence-corrected chi connectivity index (χ3v) is 2.98. The van der Waals surface area contributed by atoms with E-state index in [0.29, 0.717) is 0 Å². The van der Waals surface area contributed by atoms with E-state index in [-0.39, 0.29) is 30.4 Å². The maximum Gasteiger partial charge on any atom is 0.416 e. The topological polar surface area (TPSA) is 20.2 Å². The third-order valence-electron chi connectivity index (χ3n) is 2.98. The van der Waals surface area contributed by atoms with Crippen LogP contribution in [0, 0.1) is 11.8 Å². The Kier molecular flexibility index (Phi) is 4.57. The number of hydrogen-bond donors (Lipinski definition) is 1. The van der Waals surface area contributed by atoms with Crippen LogP contribution in [0.1, 0.15) is 25.0 Å². The van der Waals surface area contributed by atoms with Crippen LogP contribution in [-0.4, -0.2) is 11.7 Å². The first-order valence-corrected chi connectivity index (χ1v) is 5.62. The molecule has 1 unspecified atom stereocenters. The molecule has 0 aliphatic rings. The van der Waals surface area contributed by atoms with Gasteiger partial charge in [0.05, 0.1) is 5.56 Å². The molecule has 0 radical (unpaired) electrons.